The summed E-state index contributed by atoms with van der Waals surface area (Å²) in [6.07, 6.45) is 4.19. The lowest BCUT2D eigenvalue weighted by Crippen LogP contribution is -2.57. The number of amides is 3. The molecule has 2 aromatic rings. The summed E-state index contributed by atoms with van der Waals surface area (Å²) in [5.41, 5.74) is 5.07. The maximum absolute atomic E-state index is 12.7. The van der Waals surface area contributed by atoms with E-state index in [1.165, 1.54) is 17.5 Å². The second-order valence-corrected chi connectivity index (χ2v) is 7.39. The van der Waals surface area contributed by atoms with Crippen molar-refractivity contribution in [1.29, 1.82) is 0 Å². The average Bonchev–Trinajstić information content (AvgIpc) is 3.30. The van der Waals surface area contributed by atoms with E-state index in [0.717, 1.165) is 5.56 Å². The Labute approximate surface area is 173 Å². The van der Waals surface area contributed by atoms with Crippen LogP contribution in [0.25, 0.3) is 0 Å². The van der Waals surface area contributed by atoms with Gasteiger partial charge in [0.1, 0.15) is 12.8 Å². The van der Waals surface area contributed by atoms with E-state index in [1.807, 2.05) is 31.2 Å². The number of carbonyl (C=O) groups is 3. The lowest BCUT2D eigenvalue weighted by molar-refractivity contribution is -0.118. The molecule has 2 aliphatic rings. The first-order chi connectivity index (χ1) is 14.5. The van der Waals surface area contributed by atoms with Crippen LogP contribution in [0.1, 0.15) is 28.8 Å². The lowest BCUT2D eigenvalue weighted by Gasteiger charge is -2.33. The largest absolute Gasteiger partial charge is 0.472 e. The minimum Gasteiger partial charge on any atom is -0.472 e. The molecule has 1 aromatic carbocycles. The highest BCUT2D eigenvalue weighted by Gasteiger charge is 2.29. The average molecular weight is 409 g/mol. The number of rotatable bonds is 4. The van der Waals surface area contributed by atoms with Gasteiger partial charge in [0.05, 0.1) is 17.5 Å². The molecule has 1 saturated heterocycles. The van der Waals surface area contributed by atoms with Crippen LogP contribution in [0.15, 0.2) is 52.3 Å². The predicted octanol–water partition coefficient (Wildman–Crippen LogP) is 1.26. The molecule has 0 radical (unpaired) electrons. The third-order valence-corrected chi connectivity index (χ3v) is 5.23. The van der Waals surface area contributed by atoms with Crippen LogP contribution in [0.4, 0.5) is 5.69 Å². The molecule has 4 rings (SSSR count). The van der Waals surface area contributed by atoms with Crippen molar-refractivity contribution in [2.24, 2.45) is 4.99 Å². The van der Waals surface area contributed by atoms with E-state index in [1.54, 1.807) is 11.0 Å². The van der Waals surface area contributed by atoms with Crippen LogP contribution in [0.2, 0.25) is 0 Å². The van der Waals surface area contributed by atoms with E-state index in [2.05, 4.69) is 15.7 Å². The van der Waals surface area contributed by atoms with Crippen molar-refractivity contribution in [3.05, 3.63) is 54.0 Å². The quantitative estimate of drug-likeness (QED) is 0.791. The Balaban J connectivity index is 1.32. The molecule has 1 aromatic heterocycles. The summed E-state index contributed by atoms with van der Waals surface area (Å²) >= 11 is 0. The van der Waals surface area contributed by atoms with Gasteiger partial charge in [-0.2, -0.15) is 0 Å². The number of hydrazine groups is 1. The molecule has 0 saturated carbocycles. The highest BCUT2D eigenvalue weighted by atomic mass is 16.3. The van der Waals surface area contributed by atoms with Crippen molar-refractivity contribution < 1.29 is 18.8 Å². The van der Waals surface area contributed by atoms with Gasteiger partial charge >= 0.3 is 0 Å². The number of carbonyl (C=O) groups excluding carboxylic acids is 3. The first-order valence-electron chi connectivity index (χ1n) is 9.84. The molecule has 0 atom stereocenters. The standard InChI is InChI=1S/C21H23N5O4/c1-14-2-4-17(5-3-14)26-18(27)12-22-19(24-26)20(28)23-16-6-9-25(10-7-16)21(29)15-8-11-30-13-15/h2-5,8,11,13,16H,6-7,9-10,12H2,1H3,(H,22,24)(H,23,28). The van der Waals surface area contributed by atoms with Crippen LogP contribution in [-0.2, 0) is 9.59 Å². The van der Waals surface area contributed by atoms with Gasteiger partial charge in [-0.05, 0) is 38.0 Å². The number of anilines is 1. The Morgan fingerprint density at radius 1 is 1.17 bits per heavy atom. The Bertz CT molecular complexity index is 960. The Morgan fingerprint density at radius 3 is 2.57 bits per heavy atom. The van der Waals surface area contributed by atoms with Crippen molar-refractivity contribution in [2.45, 2.75) is 25.8 Å². The fourth-order valence-electron chi connectivity index (χ4n) is 3.50. The molecule has 3 heterocycles. The van der Waals surface area contributed by atoms with Crippen LogP contribution in [-0.4, -0.2) is 54.1 Å². The number of aryl methyl sites for hydroxylation is 1. The van der Waals surface area contributed by atoms with E-state index in [9.17, 15) is 14.4 Å². The monoisotopic (exact) mass is 409 g/mol. The zero-order valence-corrected chi connectivity index (χ0v) is 16.6. The number of hydrogen-bond acceptors (Lipinski definition) is 6. The molecule has 156 valence electrons. The molecular formula is C21H23N5O4. The van der Waals surface area contributed by atoms with Gasteiger partial charge in [-0.1, -0.05) is 17.7 Å². The summed E-state index contributed by atoms with van der Waals surface area (Å²) < 4.78 is 4.97. The molecule has 1 fully saturated rings. The maximum atomic E-state index is 12.7. The predicted molar refractivity (Wildman–Crippen MR) is 110 cm³/mol. The molecule has 9 heteroatoms. The lowest BCUT2D eigenvalue weighted by atomic mass is 10.0. The van der Waals surface area contributed by atoms with Crippen LogP contribution in [0.5, 0.6) is 0 Å². The first kappa shape index (κ1) is 19.7. The van der Waals surface area contributed by atoms with Gasteiger partial charge in [0.2, 0.25) is 5.84 Å². The molecule has 3 amide bonds. The van der Waals surface area contributed by atoms with E-state index in [4.69, 9.17) is 4.42 Å². The summed E-state index contributed by atoms with van der Waals surface area (Å²) in [5, 5.41) is 4.29. The van der Waals surface area contributed by atoms with Gasteiger partial charge in [-0.15, -0.1) is 0 Å². The smallest absolute Gasteiger partial charge is 0.288 e. The van der Waals surface area contributed by atoms with E-state index >= 15 is 0 Å². The van der Waals surface area contributed by atoms with Gasteiger partial charge < -0.3 is 14.6 Å². The number of aliphatic imine (C=N–C) groups is 1. The van der Waals surface area contributed by atoms with Crippen molar-refractivity contribution in [1.82, 2.24) is 15.6 Å². The van der Waals surface area contributed by atoms with Gasteiger partial charge in [-0.25, -0.2) is 5.01 Å². The number of nitrogens with zero attached hydrogens (tertiary/aromatic N) is 3. The van der Waals surface area contributed by atoms with Gasteiger partial charge in [-0.3, -0.25) is 24.8 Å². The Hall–Kier alpha value is -3.62. The number of piperidine rings is 1. The summed E-state index contributed by atoms with van der Waals surface area (Å²) in [7, 11) is 0. The molecule has 0 spiro atoms. The highest BCUT2D eigenvalue weighted by Crippen LogP contribution is 2.16. The number of hydrogen-bond donors (Lipinski definition) is 2. The number of likely N-dealkylation sites (tertiary alicyclic amines) is 1. The topological polar surface area (TPSA) is 107 Å². The minimum atomic E-state index is -0.362. The highest BCUT2D eigenvalue weighted by molar-refractivity contribution is 6.39. The summed E-state index contributed by atoms with van der Waals surface area (Å²) in [6.45, 7) is 2.95. The van der Waals surface area contributed by atoms with Crippen LogP contribution < -0.4 is 15.8 Å². The molecule has 30 heavy (non-hydrogen) atoms. The van der Waals surface area contributed by atoms with Crippen molar-refractivity contribution in [2.75, 3.05) is 24.6 Å². The summed E-state index contributed by atoms with van der Waals surface area (Å²) in [6, 6.07) is 9.00. The molecule has 0 bridgehead atoms. The van der Waals surface area contributed by atoms with Crippen molar-refractivity contribution in [3.8, 4) is 0 Å². The normalized spacial score (nSPS) is 17.4. The molecule has 9 nitrogen and oxygen atoms in total. The Morgan fingerprint density at radius 2 is 1.90 bits per heavy atom. The van der Waals surface area contributed by atoms with Crippen LogP contribution >= 0.6 is 0 Å². The molecule has 0 aliphatic carbocycles. The van der Waals surface area contributed by atoms with Gasteiger partial charge in [0.25, 0.3) is 17.7 Å². The molecule has 2 aliphatic heterocycles. The first-order valence-corrected chi connectivity index (χ1v) is 9.84. The number of furan rings is 1. The SMILES string of the molecule is Cc1ccc(N2NC(C(=O)NC3CCN(C(=O)c4ccoc4)CC3)=NCC2=O)cc1. The number of benzene rings is 1. The summed E-state index contributed by atoms with van der Waals surface area (Å²) in [5.74, 6) is -0.563. The third kappa shape index (κ3) is 4.19. The maximum Gasteiger partial charge on any atom is 0.288 e. The van der Waals surface area contributed by atoms with E-state index < -0.39 is 0 Å². The molecular weight excluding hydrogens is 386 g/mol. The molecule has 2 N–H and O–H groups in total. The summed E-state index contributed by atoms with van der Waals surface area (Å²) in [4.78, 5) is 43.1. The van der Waals surface area contributed by atoms with E-state index in [-0.39, 0.29) is 36.1 Å². The van der Waals surface area contributed by atoms with Crippen molar-refractivity contribution in [3.63, 3.8) is 0 Å². The fourth-order valence-corrected chi connectivity index (χ4v) is 3.50. The third-order valence-electron chi connectivity index (χ3n) is 5.23. The zero-order valence-electron chi connectivity index (χ0n) is 16.6. The van der Waals surface area contributed by atoms with E-state index in [0.29, 0.717) is 37.2 Å². The second kappa shape index (κ2) is 8.40. The minimum absolute atomic E-state index is 0.0687. The van der Waals surface area contributed by atoms with Gasteiger partial charge in [0, 0.05) is 19.1 Å². The second-order valence-electron chi connectivity index (χ2n) is 7.39. The number of nitrogens with one attached hydrogen (secondary N) is 2. The van der Waals surface area contributed by atoms with Crippen LogP contribution in [0.3, 0.4) is 0 Å². The number of amidine groups is 1. The molecule has 0 unspecified atom stereocenters. The van der Waals surface area contributed by atoms with Crippen molar-refractivity contribution >= 4 is 29.2 Å². The zero-order chi connectivity index (χ0) is 21.1. The Kier molecular flexibility index (Phi) is 5.51. The van der Waals surface area contributed by atoms with Crippen LogP contribution in [0, 0.1) is 6.92 Å². The fraction of sp³-hybridized carbons (Fsp3) is 0.333. The van der Waals surface area contributed by atoms with Gasteiger partial charge in [0.15, 0.2) is 0 Å².